The van der Waals surface area contributed by atoms with E-state index in [1.807, 2.05) is 4.90 Å². The van der Waals surface area contributed by atoms with Crippen molar-refractivity contribution in [3.63, 3.8) is 0 Å². The van der Waals surface area contributed by atoms with E-state index >= 15 is 0 Å². The Kier molecular flexibility index (Phi) is 8.01. The number of piperazine rings is 1. The lowest BCUT2D eigenvalue weighted by molar-refractivity contribution is -0.141. The van der Waals surface area contributed by atoms with Gasteiger partial charge in [0.1, 0.15) is 11.6 Å². The minimum absolute atomic E-state index is 0.0111. The van der Waals surface area contributed by atoms with Crippen LogP contribution in [-0.2, 0) is 28.5 Å². The Morgan fingerprint density at radius 3 is 2.27 bits per heavy atom. The number of anilines is 2. The lowest BCUT2D eigenvalue weighted by Gasteiger charge is -2.35. The molecular weight excluding hydrogens is 534 g/mol. The van der Waals surface area contributed by atoms with Crippen molar-refractivity contribution in [1.29, 1.82) is 0 Å². The molecule has 3 aromatic rings. The number of oxazole rings is 1. The molecular formula is C27H27F4N5O4. The number of carbonyl (C=O) groups excluding carboxylic acids is 2. The summed E-state index contributed by atoms with van der Waals surface area (Å²) in [6, 6.07) is 9.25. The van der Waals surface area contributed by atoms with Gasteiger partial charge in [-0.1, -0.05) is 24.3 Å². The highest BCUT2D eigenvalue weighted by Gasteiger charge is 2.41. The van der Waals surface area contributed by atoms with Gasteiger partial charge in [-0.05, 0) is 23.3 Å². The van der Waals surface area contributed by atoms with E-state index in [1.165, 1.54) is 17.2 Å². The molecule has 4 heterocycles. The monoisotopic (exact) mass is 561 g/mol. The van der Waals surface area contributed by atoms with Gasteiger partial charge in [-0.3, -0.25) is 9.59 Å². The van der Waals surface area contributed by atoms with Crippen LogP contribution in [0.4, 0.5) is 29.4 Å². The zero-order chi connectivity index (χ0) is 28.3. The van der Waals surface area contributed by atoms with Gasteiger partial charge >= 0.3 is 6.18 Å². The molecule has 0 aliphatic carbocycles. The van der Waals surface area contributed by atoms with Crippen molar-refractivity contribution in [1.82, 2.24) is 14.9 Å². The molecule has 5 rings (SSSR count). The number of amides is 1. The molecule has 0 bridgehead atoms. The maximum absolute atomic E-state index is 13.9. The van der Waals surface area contributed by atoms with Gasteiger partial charge in [-0.15, -0.1) is 0 Å². The number of pyridine rings is 1. The Hall–Kier alpha value is -4.00. The molecule has 2 aliphatic heterocycles. The standard InChI is InChI=1S/C27H27F4N5O4/c28-20-4-2-1-3-19(20)16-23(38)35-9-7-34(8-10-35)22-6-5-18(17-32-22)15-21(37)24-25(27(29,30)31)33-26(40-24)36-11-13-39-14-12-36/h1-6,17H,7-16H2. The number of ketones is 1. The number of benzene rings is 1. The van der Waals surface area contributed by atoms with Gasteiger partial charge in [0.15, 0.2) is 5.69 Å². The molecule has 13 heteroatoms. The van der Waals surface area contributed by atoms with Crippen LogP contribution < -0.4 is 9.80 Å². The maximum atomic E-state index is 13.9. The summed E-state index contributed by atoms with van der Waals surface area (Å²) in [6.07, 6.45) is -3.76. The summed E-state index contributed by atoms with van der Waals surface area (Å²) in [7, 11) is 0. The molecule has 1 amide bonds. The lowest BCUT2D eigenvalue weighted by atomic mass is 10.1. The highest BCUT2D eigenvalue weighted by atomic mass is 19.4. The topological polar surface area (TPSA) is 92.0 Å². The third kappa shape index (κ3) is 6.24. The Balaban J connectivity index is 1.19. The van der Waals surface area contributed by atoms with E-state index in [9.17, 15) is 27.2 Å². The van der Waals surface area contributed by atoms with Crippen molar-refractivity contribution < 1.29 is 36.3 Å². The SMILES string of the molecule is O=C(Cc1ccc(N2CCN(C(=O)Cc3ccccc3F)CC2)nc1)c1oc(N2CCOCC2)nc1C(F)(F)F. The van der Waals surface area contributed by atoms with Gasteiger partial charge in [0.25, 0.3) is 6.01 Å². The third-order valence-corrected chi connectivity index (χ3v) is 6.85. The van der Waals surface area contributed by atoms with Crippen molar-refractivity contribution in [3.05, 3.63) is 71.0 Å². The molecule has 40 heavy (non-hydrogen) atoms. The molecule has 0 spiro atoms. The lowest BCUT2D eigenvalue weighted by Crippen LogP contribution is -2.49. The summed E-state index contributed by atoms with van der Waals surface area (Å²) >= 11 is 0. The van der Waals surface area contributed by atoms with Crippen LogP contribution >= 0.6 is 0 Å². The van der Waals surface area contributed by atoms with E-state index in [-0.39, 0.29) is 24.8 Å². The van der Waals surface area contributed by atoms with Gasteiger partial charge in [-0.2, -0.15) is 18.2 Å². The fourth-order valence-corrected chi connectivity index (χ4v) is 4.66. The predicted molar refractivity (Wildman–Crippen MR) is 136 cm³/mol. The second kappa shape index (κ2) is 11.6. The van der Waals surface area contributed by atoms with E-state index in [0.717, 1.165) is 0 Å². The Morgan fingerprint density at radius 1 is 0.900 bits per heavy atom. The molecule has 0 saturated carbocycles. The van der Waals surface area contributed by atoms with Crippen molar-refractivity contribution in [2.45, 2.75) is 19.0 Å². The van der Waals surface area contributed by atoms with E-state index < -0.39 is 29.2 Å². The van der Waals surface area contributed by atoms with Gasteiger partial charge in [-0.25, -0.2) is 9.37 Å². The minimum Gasteiger partial charge on any atom is -0.420 e. The quantitative estimate of drug-likeness (QED) is 0.320. The number of hydrogen-bond acceptors (Lipinski definition) is 8. The second-order valence-corrected chi connectivity index (χ2v) is 9.53. The number of hydrogen-bond donors (Lipinski definition) is 0. The van der Waals surface area contributed by atoms with Gasteiger partial charge in [0, 0.05) is 51.9 Å². The Labute approximate surface area is 227 Å². The minimum atomic E-state index is -4.85. The van der Waals surface area contributed by atoms with Crippen LogP contribution in [0.1, 0.15) is 27.4 Å². The van der Waals surface area contributed by atoms with E-state index in [4.69, 9.17) is 9.15 Å². The van der Waals surface area contributed by atoms with E-state index in [1.54, 1.807) is 35.2 Å². The first kappa shape index (κ1) is 27.6. The Bertz CT molecular complexity index is 1350. The molecule has 2 saturated heterocycles. The van der Waals surface area contributed by atoms with Crippen molar-refractivity contribution >= 4 is 23.5 Å². The molecule has 212 valence electrons. The smallest absolute Gasteiger partial charge is 0.420 e. The number of rotatable bonds is 7. The fraction of sp³-hybridized carbons (Fsp3) is 0.407. The number of aromatic nitrogens is 2. The van der Waals surface area contributed by atoms with Crippen LogP contribution in [-0.4, -0.2) is 79.0 Å². The molecule has 0 atom stereocenters. The number of morpholine rings is 1. The average molecular weight is 562 g/mol. The number of nitrogens with zero attached hydrogens (tertiary/aromatic N) is 5. The van der Waals surface area contributed by atoms with E-state index in [2.05, 4.69) is 9.97 Å². The summed E-state index contributed by atoms with van der Waals surface area (Å²) in [5.41, 5.74) is -0.567. The van der Waals surface area contributed by atoms with Gasteiger partial charge in [0.05, 0.1) is 19.6 Å². The molecule has 0 N–H and O–H groups in total. The van der Waals surface area contributed by atoms with Crippen LogP contribution in [0.5, 0.6) is 0 Å². The van der Waals surface area contributed by atoms with E-state index in [0.29, 0.717) is 69.4 Å². The van der Waals surface area contributed by atoms with Crippen molar-refractivity contribution in [2.24, 2.45) is 0 Å². The number of ether oxygens (including phenoxy) is 1. The first-order chi connectivity index (χ1) is 19.2. The average Bonchev–Trinajstić information content (AvgIpc) is 3.42. The van der Waals surface area contributed by atoms with Crippen LogP contribution in [0.2, 0.25) is 0 Å². The number of Topliss-reactive ketones (excluding diaryl/α,β-unsaturated/α-hetero) is 1. The van der Waals surface area contributed by atoms with Crippen LogP contribution in [0, 0.1) is 5.82 Å². The second-order valence-electron chi connectivity index (χ2n) is 9.53. The normalized spacial score (nSPS) is 16.4. The Morgan fingerprint density at radius 2 is 1.62 bits per heavy atom. The highest BCUT2D eigenvalue weighted by Crippen LogP contribution is 2.35. The van der Waals surface area contributed by atoms with Crippen LogP contribution in [0.3, 0.4) is 0 Å². The first-order valence-electron chi connectivity index (χ1n) is 12.8. The summed E-state index contributed by atoms with van der Waals surface area (Å²) < 4.78 is 65.3. The molecule has 0 radical (unpaired) electrons. The largest absolute Gasteiger partial charge is 0.437 e. The van der Waals surface area contributed by atoms with Gasteiger partial charge in [0.2, 0.25) is 17.5 Å². The third-order valence-electron chi connectivity index (χ3n) is 6.85. The summed E-state index contributed by atoms with van der Waals surface area (Å²) in [6.45, 7) is 3.15. The van der Waals surface area contributed by atoms with Gasteiger partial charge < -0.3 is 23.9 Å². The van der Waals surface area contributed by atoms with Crippen molar-refractivity contribution in [2.75, 3.05) is 62.3 Å². The molecule has 9 nitrogen and oxygen atoms in total. The van der Waals surface area contributed by atoms with Crippen LogP contribution in [0.25, 0.3) is 0 Å². The summed E-state index contributed by atoms with van der Waals surface area (Å²) in [4.78, 5) is 38.6. The fourth-order valence-electron chi connectivity index (χ4n) is 4.66. The predicted octanol–water partition coefficient (Wildman–Crippen LogP) is 3.38. The zero-order valence-electron chi connectivity index (χ0n) is 21.5. The highest BCUT2D eigenvalue weighted by molar-refractivity contribution is 5.96. The summed E-state index contributed by atoms with van der Waals surface area (Å²) in [5, 5.41) is 0. The zero-order valence-corrected chi connectivity index (χ0v) is 21.5. The number of carbonyl (C=O) groups is 2. The molecule has 1 aromatic carbocycles. The van der Waals surface area contributed by atoms with Crippen molar-refractivity contribution in [3.8, 4) is 0 Å². The molecule has 2 aliphatic rings. The number of halogens is 4. The number of alkyl halides is 3. The maximum Gasteiger partial charge on any atom is 0.437 e. The van der Waals surface area contributed by atoms with Crippen LogP contribution in [0.15, 0.2) is 47.0 Å². The molecule has 0 unspecified atom stereocenters. The molecule has 2 fully saturated rings. The molecule has 2 aromatic heterocycles. The summed E-state index contributed by atoms with van der Waals surface area (Å²) in [5.74, 6) is -1.63. The first-order valence-corrected chi connectivity index (χ1v) is 12.8.